The SMILES string of the molecule is C=CC(=O)N(CCC)/C(C)=C\Nc1nc(=O)n(-c2c(CC)cccc2SC)c2c1C=C(Cl)C(c1c(O)cccc1F)=NO2. The summed E-state index contributed by atoms with van der Waals surface area (Å²) in [5.74, 6) is -1.41. The van der Waals surface area contributed by atoms with E-state index in [1.54, 1.807) is 6.92 Å². The molecule has 2 heterocycles. The van der Waals surface area contributed by atoms with Crippen molar-refractivity contribution in [3.05, 3.63) is 99.0 Å². The van der Waals surface area contributed by atoms with Gasteiger partial charge in [0.1, 0.15) is 23.1 Å². The molecule has 2 aromatic carbocycles. The fourth-order valence-corrected chi connectivity index (χ4v) is 5.47. The van der Waals surface area contributed by atoms with E-state index >= 15 is 0 Å². The van der Waals surface area contributed by atoms with Crippen LogP contribution in [-0.4, -0.2) is 44.0 Å². The first-order chi connectivity index (χ1) is 20.7. The topological polar surface area (TPSA) is 109 Å². The van der Waals surface area contributed by atoms with Gasteiger partial charge in [-0.05, 0) is 61.9 Å². The molecule has 2 N–H and O–H groups in total. The number of anilines is 1. The van der Waals surface area contributed by atoms with E-state index in [4.69, 9.17) is 16.4 Å². The van der Waals surface area contributed by atoms with Gasteiger partial charge >= 0.3 is 5.69 Å². The Balaban J connectivity index is 1.98. The Morgan fingerprint density at radius 1 is 1.28 bits per heavy atom. The number of phenolic OH excluding ortho intramolecular Hbond substituents is 1. The third kappa shape index (κ3) is 6.37. The van der Waals surface area contributed by atoms with Crippen molar-refractivity contribution in [2.75, 3.05) is 18.1 Å². The Bertz CT molecular complexity index is 1690. The maximum atomic E-state index is 14.9. The fourth-order valence-electron chi connectivity index (χ4n) is 4.60. The van der Waals surface area contributed by atoms with Crippen molar-refractivity contribution in [1.29, 1.82) is 0 Å². The van der Waals surface area contributed by atoms with Gasteiger partial charge in [-0.1, -0.05) is 55.4 Å². The number of benzene rings is 2. The number of hydrogen-bond acceptors (Lipinski definition) is 8. The van der Waals surface area contributed by atoms with Crippen molar-refractivity contribution in [2.24, 2.45) is 5.16 Å². The van der Waals surface area contributed by atoms with E-state index in [0.717, 1.165) is 16.5 Å². The molecular weight excluding hydrogens is 593 g/mol. The molecule has 0 aliphatic carbocycles. The number of rotatable bonds is 10. The van der Waals surface area contributed by atoms with Crippen LogP contribution in [0.5, 0.6) is 11.6 Å². The van der Waals surface area contributed by atoms with E-state index < -0.39 is 17.3 Å². The molecule has 43 heavy (non-hydrogen) atoms. The highest BCUT2D eigenvalue weighted by molar-refractivity contribution is 7.98. The summed E-state index contributed by atoms with van der Waals surface area (Å²) in [6, 6.07) is 9.48. The average molecular weight is 624 g/mol. The summed E-state index contributed by atoms with van der Waals surface area (Å²) in [7, 11) is 0. The lowest BCUT2D eigenvalue weighted by Gasteiger charge is -2.22. The molecule has 224 valence electrons. The smallest absolute Gasteiger partial charge is 0.357 e. The lowest BCUT2D eigenvalue weighted by molar-refractivity contribution is -0.124. The molecule has 0 unspecified atom stereocenters. The van der Waals surface area contributed by atoms with E-state index in [1.165, 1.54) is 51.7 Å². The second kappa shape index (κ2) is 13.7. The number of thioether (sulfide) groups is 1. The number of aryl methyl sites for hydroxylation is 1. The van der Waals surface area contributed by atoms with Crippen LogP contribution in [0.15, 0.2) is 80.8 Å². The Hall–Kier alpha value is -4.35. The molecule has 0 radical (unpaired) electrons. The maximum Gasteiger partial charge on any atom is 0.357 e. The van der Waals surface area contributed by atoms with E-state index in [-0.39, 0.29) is 39.5 Å². The van der Waals surface area contributed by atoms with Gasteiger partial charge in [0.25, 0.3) is 0 Å². The number of allylic oxidation sites excluding steroid dienone is 2. The summed E-state index contributed by atoms with van der Waals surface area (Å²) in [5, 5.41) is 17.5. The number of phenols is 1. The van der Waals surface area contributed by atoms with Crippen molar-refractivity contribution in [1.82, 2.24) is 14.5 Å². The van der Waals surface area contributed by atoms with Crippen LogP contribution in [-0.2, 0) is 11.2 Å². The number of nitrogens with zero attached hydrogens (tertiary/aromatic N) is 4. The summed E-state index contributed by atoms with van der Waals surface area (Å²) in [6.07, 6.45) is 7.40. The predicted molar refractivity (Wildman–Crippen MR) is 170 cm³/mol. The minimum absolute atomic E-state index is 0.0266. The van der Waals surface area contributed by atoms with E-state index in [2.05, 4.69) is 22.0 Å². The lowest BCUT2D eigenvalue weighted by Crippen LogP contribution is -2.29. The van der Waals surface area contributed by atoms with Gasteiger partial charge in [-0.2, -0.15) is 4.98 Å². The normalized spacial score (nSPS) is 12.8. The number of carbonyl (C=O) groups is 1. The minimum atomic E-state index is -0.767. The molecule has 0 saturated heterocycles. The first-order valence-corrected chi connectivity index (χ1v) is 15.1. The molecule has 0 atom stereocenters. The van der Waals surface area contributed by atoms with E-state index in [0.29, 0.717) is 30.8 Å². The summed E-state index contributed by atoms with van der Waals surface area (Å²) in [6.45, 7) is 9.66. The van der Waals surface area contributed by atoms with E-state index in [9.17, 15) is 19.1 Å². The van der Waals surface area contributed by atoms with Crippen molar-refractivity contribution in [3.63, 3.8) is 0 Å². The maximum absolute atomic E-state index is 14.9. The van der Waals surface area contributed by atoms with Gasteiger partial charge in [-0.25, -0.2) is 13.8 Å². The molecule has 12 heteroatoms. The van der Waals surface area contributed by atoms with Gasteiger partial charge in [-0.3, -0.25) is 4.79 Å². The van der Waals surface area contributed by atoms with Gasteiger partial charge < -0.3 is 20.2 Å². The standard InChI is InChI=1S/C31H31ClFN5O4S/c1-6-15-37(25(40)8-3)18(4)17-34-29-20-16-21(32)27(26-22(33)12-10-13-23(26)39)36-42-30(20)38(31(41)35-29)28-19(7-2)11-9-14-24(28)43-5/h8-14,16-17,39H,3,6-7,15H2,1-2,4-5H3,(H,34,35,41)/b18-17-. The molecule has 1 amide bonds. The molecule has 0 fully saturated rings. The molecule has 3 aromatic rings. The second-order valence-corrected chi connectivity index (χ2v) is 10.7. The van der Waals surface area contributed by atoms with Crippen LogP contribution in [0.2, 0.25) is 0 Å². The molecule has 0 saturated carbocycles. The zero-order valence-electron chi connectivity index (χ0n) is 24.1. The third-order valence-electron chi connectivity index (χ3n) is 6.67. The van der Waals surface area contributed by atoms with Crippen molar-refractivity contribution >= 4 is 46.9 Å². The summed E-state index contributed by atoms with van der Waals surface area (Å²) < 4.78 is 16.2. The minimum Gasteiger partial charge on any atom is -0.507 e. The van der Waals surface area contributed by atoms with Crippen LogP contribution in [0.1, 0.15) is 43.9 Å². The highest BCUT2D eigenvalue weighted by atomic mass is 35.5. The Morgan fingerprint density at radius 2 is 2.02 bits per heavy atom. The number of nitrogens with one attached hydrogen (secondary N) is 1. The number of carbonyl (C=O) groups excluding carboxylic acids is 1. The highest BCUT2D eigenvalue weighted by Gasteiger charge is 2.28. The molecule has 9 nitrogen and oxygen atoms in total. The number of amides is 1. The number of halogens is 2. The Kier molecular flexibility index (Phi) is 10.1. The Morgan fingerprint density at radius 3 is 2.67 bits per heavy atom. The molecule has 0 bridgehead atoms. The number of fused-ring (bicyclic) bond motifs is 1. The number of aromatic nitrogens is 2. The first kappa shape index (κ1) is 31.6. The number of para-hydroxylation sites is 1. The number of aromatic hydroxyl groups is 1. The van der Waals surface area contributed by atoms with Gasteiger partial charge in [-0.15, -0.1) is 11.8 Å². The molecule has 1 aliphatic heterocycles. The third-order valence-corrected chi connectivity index (χ3v) is 7.73. The predicted octanol–water partition coefficient (Wildman–Crippen LogP) is 6.44. The van der Waals surface area contributed by atoms with Crippen molar-refractivity contribution in [2.45, 2.75) is 38.5 Å². The van der Waals surface area contributed by atoms with Crippen molar-refractivity contribution in [3.8, 4) is 17.3 Å². The quantitative estimate of drug-likeness (QED) is 0.198. The molecule has 0 spiro atoms. The lowest BCUT2D eigenvalue weighted by atomic mass is 10.1. The number of oxime groups is 1. The second-order valence-electron chi connectivity index (χ2n) is 9.40. The molecule has 1 aromatic heterocycles. The summed E-state index contributed by atoms with van der Waals surface area (Å²) in [5.41, 5.74) is 1.08. The van der Waals surface area contributed by atoms with Gasteiger partial charge in [0.05, 0.1) is 21.8 Å². The molecular formula is C31H31ClFN5O4S. The van der Waals surface area contributed by atoms with Crippen LogP contribution in [0, 0.1) is 5.82 Å². The van der Waals surface area contributed by atoms with Crippen LogP contribution < -0.4 is 15.8 Å². The summed E-state index contributed by atoms with van der Waals surface area (Å²) in [4.78, 5) is 38.7. The fraction of sp³-hybridized carbons (Fsp3) is 0.226. The van der Waals surface area contributed by atoms with Crippen LogP contribution >= 0.6 is 23.4 Å². The van der Waals surface area contributed by atoms with Crippen LogP contribution in [0.25, 0.3) is 11.8 Å². The van der Waals surface area contributed by atoms with Crippen LogP contribution in [0.4, 0.5) is 10.2 Å². The first-order valence-electron chi connectivity index (χ1n) is 13.5. The van der Waals surface area contributed by atoms with Gasteiger partial charge in [0, 0.05) is 23.3 Å². The van der Waals surface area contributed by atoms with Gasteiger partial charge in [0.2, 0.25) is 11.8 Å². The van der Waals surface area contributed by atoms with Crippen molar-refractivity contribution < 1.29 is 19.1 Å². The van der Waals surface area contributed by atoms with Gasteiger partial charge in [0.15, 0.2) is 0 Å². The zero-order chi connectivity index (χ0) is 31.3. The highest BCUT2D eigenvalue weighted by Crippen LogP contribution is 2.37. The average Bonchev–Trinajstić information content (AvgIpc) is 3.16. The number of hydrogen-bond donors (Lipinski definition) is 2. The largest absolute Gasteiger partial charge is 0.507 e. The Labute approximate surface area is 258 Å². The molecule has 1 aliphatic rings. The zero-order valence-corrected chi connectivity index (χ0v) is 25.7. The molecule has 4 rings (SSSR count). The summed E-state index contributed by atoms with van der Waals surface area (Å²) >= 11 is 8.12. The van der Waals surface area contributed by atoms with Crippen LogP contribution in [0.3, 0.4) is 0 Å². The monoisotopic (exact) mass is 623 g/mol. The van der Waals surface area contributed by atoms with E-state index in [1.807, 2.05) is 38.3 Å².